The van der Waals surface area contributed by atoms with Crippen LogP contribution in [0.2, 0.25) is 0 Å². The fraction of sp³-hybridized carbons (Fsp3) is 0.800. The standard InChI is InChI=1S/C10H19N3OS2/c1-4-14-5-6-15-10-13-12-9(16-10)11-7-8(2)3/h8H,4-7H2,1-3H3,(H,11,12). The van der Waals surface area contributed by atoms with Crippen molar-refractivity contribution in [3.05, 3.63) is 0 Å². The zero-order chi connectivity index (χ0) is 11.8. The smallest absolute Gasteiger partial charge is 0.206 e. The Morgan fingerprint density at radius 3 is 2.94 bits per heavy atom. The van der Waals surface area contributed by atoms with Gasteiger partial charge in [0.2, 0.25) is 5.13 Å². The molecule has 0 aliphatic rings. The molecule has 0 aliphatic heterocycles. The lowest BCUT2D eigenvalue weighted by atomic mass is 10.2. The average molecular weight is 261 g/mol. The SMILES string of the molecule is CCOCCSc1nnc(NCC(C)C)s1. The molecule has 1 rings (SSSR count). The summed E-state index contributed by atoms with van der Waals surface area (Å²) in [5.41, 5.74) is 0. The van der Waals surface area contributed by atoms with Crippen LogP contribution in [0.1, 0.15) is 20.8 Å². The van der Waals surface area contributed by atoms with E-state index in [1.165, 1.54) is 0 Å². The van der Waals surface area contributed by atoms with Crippen LogP contribution in [0.5, 0.6) is 0 Å². The highest BCUT2D eigenvalue weighted by Gasteiger charge is 2.04. The third kappa shape index (κ3) is 5.67. The number of ether oxygens (including phenoxy) is 1. The third-order valence-electron chi connectivity index (χ3n) is 1.73. The first-order chi connectivity index (χ1) is 7.72. The molecule has 0 aromatic carbocycles. The molecule has 0 atom stereocenters. The van der Waals surface area contributed by atoms with Gasteiger partial charge in [-0.1, -0.05) is 36.9 Å². The van der Waals surface area contributed by atoms with Gasteiger partial charge in [0.05, 0.1) is 6.61 Å². The van der Waals surface area contributed by atoms with Crippen LogP contribution in [0.3, 0.4) is 0 Å². The maximum atomic E-state index is 5.26. The van der Waals surface area contributed by atoms with Gasteiger partial charge >= 0.3 is 0 Å². The van der Waals surface area contributed by atoms with E-state index < -0.39 is 0 Å². The molecule has 0 fully saturated rings. The first kappa shape index (κ1) is 13.7. The third-order valence-corrected chi connectivity index (χ3v) is 3.70. The number of rotatable bonds is 8. The van der Waals surface area contributed by atoms with Crippen molar-refractivity contribution in [2.75, 3.05) is 30.8 Å². The van der Waals surface area contributed by atoms with Crippen molar-refractivity contribution < 1.29 is 4.74 Å². The second-order valence-electron chi connectivity index (χ2n) is 3.69. The maximum Gasteiger partial charge on any atom is 0.206 e. The summed E-state index contributed by atoms with van der Waals surface area (Å²) in [6.07, 6.45) is 0. The Bertz CT molecular complexity index is 291. The van der Waals surface area contributed by atoms with Crippen LogP contribution in [0.4, 0.5) is 5.13 Å². The Kier molecular flexibility index (Phi) is 6.75. The molecule has 1 aromatic heterocycles. The summed E-state index contributed by atoms with van der Waals surface area (Å²) >= 11 is 3.30. The van der Waals surface area contributed by atoms with Gasteiger partial charge in [0.15, 0.2) is 4.34 Å². The predicted octanol–water partition coefficient (Wildman–Crippen LogP) is 2.73. The van der Waals surface area contributed by atoms with Crippen molar-refractivity contribution in [3.63, 3.8) is 0 Å². The van der Waals surface area contributed by atoms with Gasteiger partial charge in [-0.05, 0) is 12.8 Å². The fourth-order valence-electron chi connectivity index (χ4n) is 0.963. The second kappa shape index (κ2) is 7.86. The molecule has 0 saturated heterocycles. The number of hydrogen-bond acceptors (Lipinski definition) is 6. The molecule has 0 saturated carbocycles. The monoisotopic (exact) mass is 261 g/mol. The molecule has 6 heteroatoms. The quantitative estimate of drug-likeness (QED) is 0.576. The van der Waals surface area contributed by atoms with Crippen LogP contribution in [0.15, 0.2) is 4.34 Å². The lowest BCUT2D eigenvalue weighted by molar-refractivity contribution is 0.164. The van der Waals surface area contributed by atoms with Gasteiger partial charge in [-0.25, -0.2) is 0 Å². The van der Waals surface area contributed by atoms with Crippen LogP contribution < -0.4 is 5.32 Å². The van der Waals surface area contributed by atoms with Crippen LogP contribution in [-0.4, -0.2) is 35.7 Å². The summed E-state index contributed by atoms with van der Waals surface area (Å²) in [5, 5.41) is 12.4. The summed E-state index contributed by atoms with van der Waals surface area (Å²) in [7, 11) is 0. The molecular weight excluding hydrogens is 242 g/mol. The molecule has 4 nitrogen and oxygen atoms in total. The molecule has 0 bridgehead atoms. The highest BCUT2D eigenvalue weighted by atomic mass is 32.2. The molecule has 16 heavy (non-hydrogen) atoms. The van der Waals surface area contributed by atoms with E-state index in [2.05, 4.69) is 29.4 Å². The molecule has 92 valence electrons. The van der Waals surface area contributed by atoms with Gasteiger partial charge < -0.3 is 10.1 Å². The van der Waals surface area contributed by atoms with E-state index in [1.54, 1.807) is 23.1 Å². The fourth-order valence-corrected chi connectivity index (χ4v) is 2.64. The summed E-state index contributed by atoms with van der Waals surface area (Å²) in [6.45, 7) is 8.84. The number of thioether (sulfide) groups is 1. The molecule has 0 spiro atoms. The summed E-state index contributed by atoms with van der Waals surface area (Å²) in [4.78, 5) is 0. The Morgan fingerprint density at radius 2 is 2.25 bits per heavy atom. The van der Waals surface area contributed by atoms with E-state index in [4.69, 9.17) is 4.74 Å². The first-order valence-corrected chi connectivity index (χ1v) is 7.30. The van der Waals surface area contributed by atoms with Gasteiger partial charge in [0, 0.05) is 18.9 Å². The predicted molar refractivity (Wildman–Crippen MR) is 70.5 cm³/mol. The van der Waals surface area contributed by atoms with E-state index in [0.717, 1.165) is 35.0 Å². The minimum atomic E-state index is 0.623. The van der Waals surface area contributed by atoms with E-state index in [9.17, 15) is 0 Å². The topological polar surface area (TPSA) is 47.0 Å². The van der Waals surface area contributed by atoms with Crippen molar-refractivity contribution in [3.8, 4) is 0 Å². The van der Waals surface area contributed by atoms with Gasteiger partial charge in [-0.15, -0.1) is 10.2 Å². The van der Waals surface area contributed by atoms with Crippen LogP contribution in [-0.2, 0) is 4.74 Å². The first-order valence-electron chi connectivity index (χ1n) is 5.50. The highest BCUT2D eigenvalue weighted by molar-refractivity contribution is 8.01. The van der Waals surface area contributed by atoms with E-state index >= 15 is 0 Å². The summed E-state index contributed by atoms with van der Waals surface area (Å²) in [5.74, 6) is 1.56. The molecule has 1 aromatic rings. The zero-order valence-corrected chi connectivity index (χ0v) is 11.7. The highest BCUT2D eigenvalue weighted by Crippen LogP contribution is 2.25. The molecule has 0 unspecified atom stereocenters. The maximum absolute atomic E-state index is 5.26. The minimum Gasteiger partial charge on any atom is -0.381 e. The average Bonchev–Trinajstić information content (AvgIpc) is 2.70. The number of nitrogens with zero attached hydrogens (tertiary/aromatic N) is 2. The summed E-state index contributed by atoms with van der Waals surface area (Å²) in [6, 6.07) is 0. The molecular formula is C10H19N3OS2. The second-order valence-corrected chi connectivity index (χ2v) is 6.01. The number of nitrogens with one attached hydrogen (secondary N) is 1. The van der Waals surface area contributed by atoms with E-state index in [-0.39, 0.29) is 0 Å². The van der Waals surface area contributed by atoms with Crippen molar-refractivity contribution in [1.29, 1.82) is 0 Å². The van der Waals surface area contributed by atoms with Crippen LogP contribution >= 0.6 is 23.1 Å². The number of anilines is 1. The molecule has 0 aliphatic carbocycles. The van der Waals surface area contributed by atoms with Crippen molar-refractivity contribution >= 4 is 28.2 Å². The molecule has 1 N–H and O–H groups in total. The van der Waals surface area contributed by atoms with Gasteiger partial charge in [0.25, 0.3) is 0 Å². The van der Waals surface area contributed by atoms with Crippen molar-refractivity contribution in [2.24, 2.45) is 5.92 Å². The Balaban J connectivity index is 2.22. The van der Waals surface area contributed by atoms with E-state index in [0.29, 0.717) is 5.92 Å². The normalized spacial score (nSPS) is 11.0. The van der Waals surface area contributed by atoms with Gasteiger partial charge in [0.1, 0.15) is 0 Å². The number of aromatic nitrogens is 2. The molecule has 0 amide bonds. The molecule has 1 heterocycles. The number of hydrogen-bond donors (Lipinski definition) is 1. The minimum absolute atomic E-state index is 0.623. The lowest BCUT2D eigenvalue weighted by Crippen LogP contribution is -2.07. The van der Waals surface area contributed by atoms with Gasteiger partial charge in [-0.2, -0.15) is 0 Å². The Morgan fingerprint density at radius 1 is 1.44 bits per heavy atom. The van der Waals surface area contributed by atoms with Gasteiger partial charge in [-0.3, -0.25) is 0 Å². The van der Waals surface area contributed by atoms with Crippen LogP contribution in [0, 0.1) is 5.92 Å². The Hall–Kier alpha value is -0.330. The van der Waals surface area contributed by atoms with Crippen molar-refractivity contribution in [1.82, 2.24) is 10.2 Å². The zero-order valence-electron chi connectivity index (χ0n) is 10.0. The molecule has 0 radical (unpaired) electrons. The van der Waals surface area contributed by atoms with Crippen LogP contribution in [0.25, 0.3) is 0 Å². The Labute approximate surface area is 105 Å². The summed E-state index contributed by atoms with van der Waals surface area (Å²) < 4.78 is 6.27. The largest absolute Gasteiger partial charge is 0.381 e. The lowest BCUT2D eigenvalue weighted by Gasteiger charge is -2.03. The van der Waals surface area contributed by atoms with E-state index in [1.807, 2.05) is 6.92 Å². The van der Waals surface area contributed by atoms with Crippen molar-refractivity contribution in [2.45, 2.75) is 25.1 Å².